The Balaban J connectivity index is 1.48. The largest absolute Gasteiger partial charge is 0.455 e. The molecule has 9 heteroatoms. The first kappa shape index (κ1) is 22.1. The van der Waals surface area contributed by atoms with E-state index in [9.17, 15) is 18.7 Å². The van der Waals surface area contributed by atoms with Crippen LogP contribution in [0.2, 0.25) is 0 Å². The molecule has 7 nitrogen and oxygen atoms in total. The Morgan fingerprint density at radius 2 is 1.91 bits per heavy atom. The first-order chi connectivity index (χ1) is 15.0. The number of hydrogen-bond donors (Lipinski definition) is 3. The van der Waals surface area contributed by atoms with Crippen LogP contribution in [0.25, 0.3) is 11.0 Å². The number of halogens is 2. The van der Waals surface area contributed by atoms with E-state index in [2.05, 4.69) is 20.6 Å². The Morgan fingerprint density at radius 1 is 1.25 bits per heavy atom. The topological polar surface area (TPSA) is 100 Å². The lowest BCUT2D eigenvalue weighted by Gasteiger charge is -2.39. The van der Waals surface area contributed by atoms with E-state index in [-0.39, 0.29) is 17.4 Å². The number of hydrogen-bond acceptors (Lipinski definition) is 5. The maximum atomic E-state index is 14.2. The van der Waals surface area contributed by atoms with Gasteiger partial charge in [-0.3, -0.25) is 0 Å². The highest BCUT2D eigenvalue weighted by atomic mass is 19.1. The minimum absolute atomic E-state index is 0.0364. The molecule has 1 aliphatic rings. The molecule has 0 unspecified atom stereocenters. The van der Waals surface area contributed by atoms with Crippen molar-refractivity contribution < 1.29 is 23.1 Å². The van der Waals surface area contributed by atoms with E-state index >= 15 is 0 Å². The summed E-state index contributed by atoms with van der Waals surface area (Å²) in [7, 11) is 0. The van der Waals surface area contributed by atoms with Crippen LogP contribution in [0.15, 0.2) is 28.9 Å². The van der Waals surface area contributed by atoms with Crippen molar-refractivity contribution in [2.45, 2.75) is 58.1 Å². The molecule has 1 aromatic carbocycles. The highest BCUT2D eigenvalue weighted by molar-refractivity contribution is 5.89. The smallest absolute Gasteiger partial charge is 0.319 e. The zero-order chi connectivity index (χ0) is 23.2. The lowest BCUT2D eigenvalue weighted by Crippen LogP contribution is -2.40. The number of carbonyl (C=O) groups excluding carboxylic acids is 1. The number of aromatic nitrogens is 2. The molecule has 1 saturated carbocycles. The van der Waals surface area contributed by atoms with E-state index < -0.39 is 29.3 Å². The van der Waals surface area contributed by atoms with Crippen molar-refractivity contribution in [2.75, 3.05) is 5.32 Å². The third-order valence-corrected chi connectivity index (χ3v) is 5.90. The summed E-state index contributed by atoms with van der Waals surface area (Å²) in [5.41, 5.74) is 0.279. The summed E-state index contributed by atoms with van der Waals surface area (Å²) in [6, 6.07) is 0.923. The monoisotopic (exact) mass is 444 g/mol. The maximum absolute atomic E-state index is 14.2. The number of carbonyl (C=O) groups is 1. The highest BCUT2D eigenvalue weighted by Crippen LogP contribution is 2.42. The molecule has 2 amide bonds. The molecule has 2 heterocycles. The lowest BCUT2D eigenvalue weighted by molar-refractivity contribution is -0.0334. The number of aliphatic hydroxyl groups is 1. The molecule has 0 spiro atoms. The van der Waals surface area contributed by atoms with Crippen LogP contribution in [0.3, 0.4) is 0 Å². The van der Waals surface area contributed by atoms with Gasteiger partial charge in [0.25, 0.3) is 0 Å². The van der Waals surface area contributed by atoms with Gasteiger partial charge in [0.15, 0.2) is 11.4 Å². The number of furan rings is 1. The fraction of sp³-hybridized carbons (Fsp3) is 0.435. The Kier molecular flexibility index (Phi) is 5.62. The molecular weight excluding hydrogens is 418 g/mol. The van der Waals surface area contributed by atoms with Crippen molar-refractivity contribution >= 4 is 22.7 Å². The predicted octanol–water partition coefficient (Wildman–Crippen LogP) is 4.96. The molecule has 1 atom stereocenters. The molecule has 4 rings (SSSR count). The normalized spacial score (nSPS) is 21.4. The second kappa shape index (κ2) is 8.12. The summed E-state index contributed by atoms with van der Waals surface area (Å²) in [6.07, 6.45) is 4.25. The molecule has 0 aliphatic heterocycles. The average molecular weight is 444 g/mol. The number of nitrogens with one attached hydrogen (secondary N) is 2. The Morgan fingerprint density at radius 3 is 2.50 bits per heavy atom. The van der Waals surface area contributed by atoms with Crippen LogP contribution in [-0.4, -0.2) is 26.7 Å². The average Bonchev–Trinajstić information content (AvgIpc) is 3.01. The molecule has 0 radical (unpaired) electrons. The van der Waals surface area contributed by atoms with Crippen molar-refractivity contribution in [2.24, 2.45) is 5.92 Å². The van der Waals surface area contributed by atoms with Crippen molar-refractivity contribution in [1.82, 2.24) is 15.3 Å². The van der Waals surface area contributed by atoms with Gasteiger partial charge in [0.2, 0.25) is 0 Å². The number of fused-ring (bicyclic) bond motifs is 1. The molecule has 170 valence electrons. The van der Waals surface area contributed by atoms with Crippen LogP contribution in [0.4, 0.5) is 19.3 Å². The first-order valence-electron chi connectivity index (χ1n) is 10.5. The number of anilines is 1. The summed E-state index contributed by atoms with van der Waals surface area (Å²) in [5, 5.41) is 15.7. The number of amides is 2. The molecule has 3 N–H and O–H groups in total. The first-order valence-corrected chi connectivity index (χ1v) is 10.5. The van der Waals surface area contributed by atoms with E-state index in [1.165, 1.54) is 18.5 Å². The number of benzene rings is 1. The van der Waals surface area contributed by atoms with Crippen molar-refractivity contribution in [3.05, 3.63) is 53.3 Å². The number of rotatable bonds is 5. The van der Waals surface area contributed by atoms with Crippen LogP contribution >= 0.6 is 0 Å². The molecule has 1 fully saturated rings. The molecule has 0 saturated heterocycles. The van der Waals surface area contributed by atoms with E-state index in [1.54, 1.807) is 13.8 Å². The second-order valence-corrected chi connectivity index (χ2v) is 9.11. The van der Waals surface area contributed by atoms with Crippen LogP contribution < -0.4 is 10.6 Å². The van der Waals surface area contributed by atoms with Gasteiger partial charge in [0.05, 0.1) is 29.7 Å². The molecule has 2 aromatic heterocycles. The van der Waals surface area contributed by atoms with Gasteiger partial charge in [0.1, 0.15) is 17.4 Å². The third-order valence-electron chi connectivity index (χ3n) is 5.90. The number of urea groups is 1. The van der Waals surface area contributed by atoms with Gasteiger partial charge in [-0.1, -0.05) is 13.8 Å². The van der Waals surface area contributed by atoms with E-state index in [4.69, 9.17) is 4.42 Å². The summed E-state index contributed by atoms with van der Waals surface area (Å²) in [6.45, 7) is 7.27. The van der Waals surface area contributed by atoms with Crippen molar-refractivity contribution in [1.29, 1.82) is 0 Å². The van der Waals surface area contributed by atoms with Gasteiger partial charge >= 0.3 is 6.03 Å². The van der Waals surface area contributed by atoms with E-state index in [0.717, 1.165) is 6.07 Å². The lowest BCUT2D eigenvalue weighted by atomic mass is 9.72. The van der Waals surface area contributed by atoms with Gasteiger partial charge in [-0.25, -0.2) is 23.5 Å². The summed E-state index contributed by atoms with van der Waals surface area (Å²) in [4.78, 5) is 21.2. The van der Waals surface area contributed by atoms with Gasteiger partial charge in [-0.2, -0.15) is 0 Å². The van der Waals surface area contributed by atoms with E-state index in [0.29, 0.717) is 41.1 Å². The van der Waals surface area contributed by atoms with Gasteiger partial charge in [-0.15, -0.1) is 0 Å². The zero-order valence-electron chi connectivity index (χ0n) is 18.4. The summed E-state index contributed by atoms with van der Waals surface area (Å²) in [5.74, 6) is -0.442. The standard InChI is InChI=1S/C23H26F2N4O3/c1-11(2)18(19-12(3)16-5-14(24)6-17(25)20(16)32-19)29-22(30)28-15-9-26-21(27-10-15)13-7-23(4,31)8-13/h5-6,9-11,13,18,31H,7-8H2,1-4H3,(H2,28,29,30)/t13?,18-,23?/m0/s1. The molecule has 1 aliphatic carbocycles. The molecular formula is C23H26F2N4O3. The zero-order valence-corrected chi connectivity index (χ0v) is 18.4. The van der Waals surface area contributed by atoms with Crippen molar-refractivity contribution in [3.63, 3.8) is 0 Å². The minimum Gasteiger partial charge on any atom is -0.455 e. The highest BCUT2D eigenvalue weighted by Gasteiger charge is 2.40. The fourth-order valence-corrected chi connectivity index (χ4v) is 4.20. The Labute approximate surface area is 184 Å². The van der Waals surface area contributed by atoms with Crippen LogP contribution in [0.5, 0.6) is 0 Å². The molecule has 32 heavy (non-hydrogen) atoms. The second-order valence-electron chi connectivity index (χ2n) is 9.11. The molecule has 0 bridgehead atoms. The molecule has 3 aromatic rings. The number of nitrogens with zero attached hydrogens (tertiary/aromatic N) is 2. The van der Waals surface area contributed by atoms with E-state index in [1.807, 2.05) is 13.8 Å². The fourth-order valence-electron chi connectivity index (χ4n) is 4.20. The summed E-state index contributed by atoms with van der Waals surface area (Å²) >= 11 is 0. The Bertz CT molecular complexity index is 1150. The van der Waals surface area contributed by atoms with Gasteiger partial charge in [-0.05, 0) is 38.7 Å². The summed E-state index contributed by atoms with van der Waals surface area (Å²) < 4.78 is 33.5. The van der Waals surface area contributed by atoms with Crippen LogP contribution in [-0.2, 0) is 0 Å². The quantitative estimate of drug-likeness (QED) is 0.517. The van der Waals surface area contributed by atoms with Crippen LogP contribution in [0, 0.1) is 24.5 Å². The minimum atomic E-state index is -0.786. The van der Waals surface area contributed by atoms with Crippen molar-refractivity contribution in [3.8, 4) is 0 Å². The third kappa shape index (κ3) is 4.29. The van der Waals surface area contributed by atoms with Gasteiger partial charge in [0, 0.05) is 22.9 Å². The van der Waals surface area contributed by atoms with Gasteiger partial charge < -0.3 is 20.2 Å². The maximum Gasteiger partial charge on any atom is 0.319 e. The SMILES string of the molecule is Cc1c([C@@H](NC(=O)Nc2cnc(C3CC(C)(O)C3)nc2)C(C)C)oc2c(F)cc(F)cc12. The van der Waals surface area contributed by atoms with Crippen LogP contribution in [0.1, 0.15) is 62.7 Å². The number of aryl methyl sites for hydroxylation is 1. The Hall–Kier alpha value is -3.07. The predicted molar refractivity (Wildman–Crippen MR) is 115 cm³/mol.